The van der Waals surface area contributed by atoms with Gasteiger partial charge in [-0.15, -0.1) is 0 Å². The Labute approximate surface area is 143 Å². The van der Waals surface area contributed by atoms with Crippen LogP contribution in [0.4, 0.5) is 5.82 Å². The number of carbonyl (C=O) groups is 2. The van der Waals surface area contributed by atoms with Gasteiger partial charge in [0.2, 0.25) is 0 Å². The van der Waals surface area contributed by atoms with Crippen molar-refractivity contribution in [2.45, 2.75) is 39.3 Å². The Morgan fingerprint density at radius 2 is 2.08 bits per heavy atom. The molecule has 130 valence electrons. The summed E-state index contributed by atoms with van der Waals surface area (Å²) in [4.78, 5) is 30.7. The first-order valence-corrected chi connectivity index (χ1v) is 7.74. The van der Waals surface area contributed by atoms with E-state index in [0.29, 0.717) is 22.6 Å². The van der Waals surface area contributed by atoms with Crippen LogP contribution in [0.2, 0.25) is 5.02 Å². The van der Waals surface area contributed by atoms with Crippen LogP contribution in [-0.4, -0.2) is 39.2 Å². The number of hydrogen-bond acceptors (Lipinski definition) is 7. The summed E-state index contributed by atoms with van der Waals surface area (Å²) in [5.41, 5.74) is 6.82. The predicted octanol–water partition coefficient (Wildman–Crippen LogP) is 2.11. The number of rotatable bonds is 6. The summed E-state index contributed by atoms with van der Waals surface area (Å²) in [5.74, 6) is -0.590. The monoisotopic (exact) mass is 354 g/mol. The molecule has 0 saturated heterocycles. The zero-order chi connectivity index (χ0) is 17.9. The lowest BCUT2D eigenvalue weighted by molar-refractivity contribution is -0.157. The molecule has 0 saturated carbocycles. The summed E-state index contributed by atoms with van der Waals surface area (Å²) in [6, 6.07) is 1.40. The molecule has 0 amide bonds. The van der Waals surface area contributed by atoms with Crippen LogP contribution in [0.15, 0.2) is 12.4 Å². The van der Waals surface area contributed by atoms with Gasteiger partial charge in [-0.2, -0.15) is 0 Å². The minimum atomic E-state index is -0.574. The van der Waals surface area contributed by atoms with E-state index in [1.54, 1.807) is 10.9 Å². The molecule has 2 atom stereocenters. The molecule has 0 aliphatic rings. The molecular weight excluding hydrogens is 336 g/mol. The van der Waals surface area contributed by atoms with Crippen molar-refractivity contribution in [1.29, 1.82) is 0 Å². The van der Waals surface area contributed by atoms with Crippen LogP contribution >= 0.6 is 11.6 Å². The number of nitrogens with zero attached hydrogens (tertiary/aromatic N) is 3. The highest BCUT2D eigenvalue weighted by molar-refractivity contribution is 6.35. The minimum absolute atomic E-state index is 0.0117. The second-order valence-corrected chi connectivity index (χ2v) is 5.88. The van der Waals surface area contributed by atoms with Gasteiger partial charge in [0.1, 0.15) is 24.0 Å². The third-order valence-electron chi connectivity index (χ3n) is 3.39. The van der Waals surface area contributed by atoms with Gasteiger partial charge in [-0.05, 0) is 6.92 Å². The summed E-state index contributed by atoms with van der Waals surface area (Å²) < 4.78 is 12.0. The van der Waals surface area contributed by atoms with Crippen molar-refractivity contribution >= 4 is 40.5 Å². The second kappa shape index (κ2) is 7.48. The van der Waals surface area contributed by atoms with Crippen LogP contribution in [0, 0.1) is 0 Å². The first kappa shape index (κ1) is 18.0. The van der Waals surface area contributed by atoms with E-state index in [1.165, 1.54) is 19.9 Å². The van der Waals surface area contributed by atoms with Crippen molar-refractivity contribution in [1.82, 2.24) is 14.5 Å². The first-order chi connectivity index (χ1) is 11.3. The largest absolute Gasteiger partial charge is 0.462 e. The van der Waals surface area contributed by atoms with E-state index in [0.717, 1.165) is 0 Å². The molecule has 2 aromatic rings. The quantitative estimate of drug-likeness (QED) is 0.791. The number of carbonyl (C=O) groups excluding carboxylic acids is 2. The fourth-order valence-electron chi connectivity index (χ4n) is 2.40. The lowest BCUT2D eigenvalue weighted by Crippen LogP contribution is -2.26. The molecule has 0 radical (unpaired) electrons. The summed E-state index contributed by atoms with van der Waals surface area (Å²) in [6.45, 7) is 4.50. The molecule has 24 heavy (non-hydrogen) atoms. The van der Waals surface area contributed by atoms with Gasteiger partial charge in [-0.25, -0.2) is 9.97 Å². The predicted molar refractivity (Wildman–Crippen MR) is 88.5 cm³/mol. The fraction of sp³-hybridized carbons (Fsp3) is 0.467. The van der Waals surface area contributed by atoms with Gasteiger partial charge >= 0.3 is 11.9 Å². The van der Waals surface area contributed by atoms with Crippen LogP contribution in [0.5, 0.6) is 0 Å². The summed E-state index contributed by atoms with van der Waals surface area (Å²) in [6.07, 6.45) is 1.44. The number of anilines is 1. The lowest BCUT2D eigenvalue weighted by Gasteiger charge is -2.21. The highest BCUT2D eigenvalue weighted by Crippen LogP contribution is 2.26. The van der Waals surface area contributed by atoms with Gasteiger partial charge in [-0.3, -0.25) is 9.59 Å². The molecular formula is C15H19ClN4O4. The van der Waals surface area contributed by atoms with Crippen molar-refractivity contribution in [3.05, 3.63) is 17.4 Å². The molecule has 0 fully saturated rings. The molecule has 0 aliphatic heterocycles. The maximum Gasteiger partial charge on any atom is 0.303 e. The molecule has 2 unspecified atom stereocenters. The Hall–Kier alpha value is -2.35. The summed E-state index contributed by atoms with van der Waals surface area (Å²) >= 11 is 6.12. The number of ether oxygens (including phenoxy) is 2. The Balaban J connectivity index is 2.21. The smallest absolute Gasteiger partial charge is 0.303 e. The number of esters is 2. The standard InChI is InChI=1S/C15H19ClN4O4/c1-8(4-11(24-10(3)22)6-23-9(2)21)20-7-18-14-12(16)5-13(17)19-15(14)20/h5,7-8,11H,4,6H2,1-3H3,(H2,17,19). The van der Waals surface area contributed by atoms with Gasteiger partial charge in [0.25, 0.3) is 0 Å². The topological polar surface area (TPSA) is 109 Å². The SMILES string of the molecule is CC(=O)OCC(CC(C)n1cnc2c(Cl)cc(N)nc21)OC(C)=O. The molecule has 2 heterocycles. The van der Waals surface area contributed by atoms with Crippen LogP contribution in [0.25, 0.3) is 11.2 Å². The number of nitrogen functional groups attached to an aromatic ring is 1. The van der Waals surface area contributed by atoms with Crippen molar-refractivity contribution in [2.75, 3.05) is 12.3 Å². The normalized spacial score (nSPS) is 13.5. The third-order valence-corrected chi connectivity index (χ3v) is 3.68. The Bertz CT molecular complexity index is 761. The number of nitrogens with two attached hydrogens (primary N) is 1. The lowest BCUT2D eigenvalue weighted by atomic mass is 10.1. The van der Waals surface area contributed by atoms with E-state index in [2.05, 4.69) is 9.97 Å². The zero-order valence-electron chi connectivity index (χ0n) is 13.7. The maximum absolute atomic E-state index is 11.2. The average molecular weight is 355 g/mol. The van der Waals surface area contributed by atoms with Gasteiger partial charge in [-0.1, -0.05) is 11.6 Å². The molecule has 0 aromatic carbocycles. The van der Waals surface area contributed by atoms with E-state index < -0.39 is 18.0 Å². The van der Waals surface area contributed by atoms with E-state index in [9.17, 15) is 9.59 Å². The highest BCUT2D eigenvalue weighted by Gasteiger charge is 2.21. The summed E-state index contributed by atoms with van der Waals surface area (Å²) in [5, 5.41) is 0.417. The van der Waals surface area contributed by atoms with Crippen LogP contribution in [-0.2, 0) is 19.1 Å². The third kappa shape index (κ3) is 4.35. The van der Waals surface area contributed by atoms with Crippen LogP contribution in [0.1, 0.15) is 33.2 Å². The molecule has 0 bridgehead atoms. The Morgan fingerprint density at radius 3 is 2.71 bits per heavy atom. The van der Waals surface area contributed by atoms with Crippen molar-refractivity contribution in [3.8, 4) is 0 Å². The molecule has 8 nitrogen and oxygen atoms in total. The Morgan fingerprint density at radius 1 is 1.38 bits per heavy atom. The summed E-state index contributed by atoms with van der Waals surface area (Å²) in [7, 11) is 0. The number of imidazole rings is 1. The number of halogens is 1. The zero-order valence-corrected chi connectivity index (χ0v) is 14.4. The average Bonchev–Trinajstić information content (AvgIpc) is 2.88. The number of fused-ring (bicyclic) bond motifs is 1. The van der Waals surface area contributed by atoms with Crippen molar-refractivity contribution < 1.29 is 19.1 Å². The van der Waals surface area contributed by atoms with E-state index in [4.69, 9.17) is 26.8 Å². The first-order valence-electron chi connectivity index (χ1n) is 7.37. The highest BCUT2D eigenvalue weighted by atomic mass is 35.5. The minimum Gasteiger partial charge on any atom is -0.462 e. The molecule has 9 heteroatoms. The van der Waals surface area contributed by atoms with Crippen molar-refractivity contribution in [2.24, 2.45) is 0 Å². The molecule has 2 aromatic heterocycles. The maximum atomic E-state index is 11.2. The number of hydrogen-bond donors (Lipinski definition) is 1. The number of pyridine rings is 1. The van der Waals surface area contributed by atoms with E-state index in [-0.39, 0.29) is 18.5 Å². The fourth-order valence-corrected chi connectivity index (χ4v) is 2.64. The van der Waals surface area contributed by atoms with Gasteiger partial charge in [0, 0.05) is 32.4 Å². The van der Waals surface area contributed by atoms with Gasteiger partial charge in [0.05, 0.1) is 11.3 Å². The van der Waals surface area contributed by atoms with E-state index in [1.807, 2.05) is 6.92 Å². The van der Waals surface area contributed by atoms with Crippen LogP contribution in [0.3, 0.4) is 0 Å². The molecule has 0 aliphatic carbocycles. The second-order valence-electron chi connectivity index (χ2n) is 5.47. The molecule has 2 rings (SSSR count). The van der Waals surface area contributed by atoms with Gasteiger partial charge in [0.15, 0.2) is 5.65 Å². The molecule has 0 spiro atoms. The van der Waals surface area contributed by atoms with Crippen LogP contribution < -0.4 is 5.73 Å². The molecule has 2 N–H and O–H groups in total. The van der Waals surface area contributed by atoms with E-state index >= 15 is 0 Å². The number of aromatic nitrogens is 3. The van der Waals surface area contributed by atoms with Crippen molar-refractivity contribution in [3.63, 3.8) is 0 Å². The Kier molecular flexibility index (Phi) is 5.61. The van der Waals surface area contributed by atoms with Gasteiger partial charge < -0.3 is 19.8 Å².